The van der Waals surface area contributed by atoms with Crippen molar-refractivity contribution in [3.8, 4) is 5.75 Å². The van der Waals surface area contributed by atoms with Crippen molar-refractivity contribution in [2.45, 2.75) is 51.6 Å². The number of rotatable bonds is 4. The van der Waals surface area contributed by atoms with Crippen molar-refractivity contribution in [1.82, 2.24) is 10.2 Å². The second-order valence-electron chi connectivity index (χ2n) is 6.56. The minimum atomic E-state index is 0.0713. The Morgan fingerprint density at radius 2 is 2.09 bits per heavy atom. The van der Waals surface area contributed by atoms with E-state index in [9.17, 15) is 4.79 Å². The zero-order chi connectivity index (χ0) is 15.5. The van der Waals surface area contributed by atoms with Gasteiger partial charge in [-0.2, -0.15) is 0 Å². The third-order valence-electron chi connectivity index (χ3n) is 4.80. The Kier molecular flexibility index (Phi) is 4.67. The number of nitrogens with zero attached hydrogens (tertiary/aromatic N) is 1. The lowest BCUT2D eigenvalue weighted by atomic mass is 10.0. The van der Waals surface area contributed by atoms with E-state index in [4.69, 9.17) is 4.74 Å². The van der Waals surface area contributed by atoms with Crippen LogP contribution in [0, 0.1) is 0 Å². The number of piperidine rings is 1. The maximum atomic E-state index is 11.3. The molecule has 1 aliphatic heterocycles. The van der Waals surface area contributed by atoms with Crippen LogP contribution < -0.4 is 10.1 Å². The Morgan fingerprint density at radius 3 is 2.82 bits per heavy atom. The van der Waals surface area contributed by atoms with E-state index in [1.54, 1.807) is 14.0 Å². The minimum Gasteiger partial charge on any atom is -0.496 e. The molecule has 0 bridgehead atoms. The molecule has 1 aromatic rings. The van der Waals surface area contributed by atoms with Crippen LogP contribution in [-0.2, 0) is 24.2 Å². The summed E-state index contributed by atoms with van der Waals surface area (Å²) in [5, 5.41) is 3.06. The number of ether oxygens (including phenoxy) is 1. The number of likely N-dealkylation sites (tertiary alicyclic amines) is 1. The standard InChI is InChI=1S/C18H26N2O2/c1-13(21)19-17-7-4-8-20(12-17)11-16-9-14-5-3-6-15(14)10-18(16)22-2/h9-10,17H,3-8,11-12H2,1-2H3,(H,19,21)/t17-/m1/s1. The van der Waals surface area contributed by atoms with Crippen molar-refractivity contribution in [3.05, 3.63) is 28.8 Å². The van der Waals surface area contributed by atoms with Crippen molar-refractivity contribution in [1.29, 1.82) is 0 Å². The van der Waals surface area contributed by atoms with Gasteiger partial charge in [-0.25, -0.2) is 0 Å². The van der Waals surface area contributed by atoms with Crippen molar-refractivity contribution in [2.75, 3.05) is 20.2 Å². The molecule has 0 radical (unpaired) electrons. The van der Waals surface area contributed by atoms with Gasteiger partial charge in [-0.15, -0.1) is 0 Å². The lowest BCUT2D eigenvalue weighted by molar-refractivity contribution is -0.120. The van der Waals surface area contributed by atoms with Gasteiger partial charge in [0.25, 0.3) is 0 Å². The number of aryl methyl sites for hydroxylation is 2. The fourth-order valence-corrected chi connectivity index (χ4v) is 3.81. The van der Waals surface area contributed by atoms with Gasteiger partial charge in [-0.05, 0) is 55.8 Å². The highest BCUT2D eigenvalue weighted by molar-refractivity contribution is 5.73. The Hall–Kier alpha value is -1.55. The van der Waals surface area contributed by atoms with Crippen LogP contribution >= 0.6 is 0 Å². The number of hydrogen-bond donors (Lipinski definition) is 1. The molecular weight excluding hydrogens is 276 g/mol. The van der Waals surface area contributed by atoms with Crippen LogP contribution in [0.2, 0.25) is 0 Å². The first-order valence-corrected chi connectivity index (χ1v) is 8.34. The SMILES string of the molecule is COc1cc2c(cc1CN1CCC[C@@H](NC(C)=O)C1)CCC2. The highest BCUT2D eigenvalue weighted by Crippen LogP contribution is 2.31. The second-order valence-corrected chi connectivity index (χ2v) is 6.56. The van der Waals surface area contributed by atoms with E-state index in [2.05, 4.69) is 22.3 Å². The summed E-state index contributed by atoms with van der Waals surface area (Å²) in [6, 6.07) is 4.85. The molecule has 4 nitrogen and oxygen atoms in total. The topological polar surface area (TPSA) is 41.6 Å². The lowest BCUT2D eigenvalue weighted by Crippen LogP contribution is -2.46. The molecule has 0 unspecified atom stereocenters. The van der Waals surface area contributed by atoms with E-state index in [-0.39, 0.29) is 11.9 Å². The van der Waals surface area contributed by atoms with Crippen LogP contribution in [0.15, 0.2) is 12.1 Å². The van der Waals surface area contributed by atoms with Gasteiger partial charge in [0.2, 0.25) is 5.91 Å². The van der Waals surface area contributed by atoms with Crippen LogP contribution in [0.3, 0.4) is 0 Å². The van der Waals surface area contributed by atoms with E-state index >= 15 is 0 Å². The second kappa shape index (κ2) is 6.69. The molecule has 1 saturated heterocycles. The Labute approximate surface area is 132 Å². The first kappa shape index (κ1) is 15.3. The first-order chi connectivity index (χ1) is 10.7. The van der Waals surface area contributed by atoms with Crippen LogP contribution in [0.4, 0.5) is 0 Å². The third kappa shape index (κ3) is 3.43. The molecule has 2 aliphatic rings. The summed E-state index contributed by atoms with van der Waals surface area (Å²) in [6.07, 6.45) is 5.85. The fourth-order valence-electron chi connectivity index (χ4n) is 3.81. The van der Waals surface area contributed by atoms with Gasteiger partial charge in [0.05, 0.1) is 7.11 Å². The summed E-state index contributed by atoms with van der Waals surface area (Å²) < 4.78 is 5.61. The highest BCUT2D eigenvalue weighted by atomic mass is 16.5. The number of amides is 1. The average molecular weight is 302 g/mol. The largest absolute Gasteiger partial charge is 0.496 e. The van der Waals surface area contributed by atoms with Crippen molar-refractivity contribution >= 4 is 5.91 Å². The number of carbonyl (C=O) groups excluding carboxylic acids is 1. The normalized spacial score (nSPS) is 21.5. The predicted octanol–water partition coefficient (Wildman–Crippen LogP) is 2.28. The van der Waals surface area contributed by atoms with E-state index in [0.717, 1.165) is 38.2 Å². The number of hydrogen-bond acceptors (Lipinski definition) is 3. The Balaban J connectivity index is 1.71. The maximum Gasteiger partial charge on any atom is 0.217 e. The molecule has 1 amide bonds. The van der Waals surface area contributed by atoms with Crippen LogP contribution in [0.5, 0.6) is 5.75 Å². The van der Waals surface area contributed by atoms with Crippen molar-refractivity contribution in [3.63, 3.8) is 0 Å². The van der Waals surface area contributed by atoms with E-state index < -0.39 is 0 Å². The van der Waals surface area contributed by atoms with Crippen LogP contribution in [-0.4, -0.2) is 37.0 Å². The third-order valence-corrected chi connectivity index (χ3v) is 4.80. The van der Waals surface area contributed by atoms with E-state index in [1.165, 1.54) is 36.0 Å². The molecule has 1 aromatic carbocycles. The molecule has 22 heavy (non-hydrogen) atoms. The molecule has 4 heteroatoms. The molecule has 3 rings (SSSR count). The van der Waals surface area contributed by atoms with Gasteiger partial charge in [0, 0.05) is 31.6 Å². The average Bonchev–Trinajstić information content (AvgIpc) is 2.93. The number of benzene rings is 1. The highest BCUT2D eigenvalue weighted by Gasteiger charge is 2.22. The minimum absolute atomic E-state index is 0.0713. The van der Waals surface area contributed by atoms with Gasteiger partial charge < -0.3 is 10.1 Å². The molecule has 120 valence electrons. The molecule has 1 fully saturated rings. The van der Waals surface area contributed by atoms with Gasteiger partial charge in [-0.3, -0.25) is 9.69 Å². The molecular formula is C18H26N2O2. The lowest BCUT2D eigenvalue weighted by Gasteiger charge is -2.33. The Bertz CT molecular complexity index is 556. The molecule has 0 saturated carbocycles. The fraction of sp³-hybridized carbons (Fsp3) is 0.611. The van der Waals surface area contributed by atoms with Crippen LogP contribution in [0.25, 0.3) is 0 Å². The van der Waals surface area contributed by atoms with Gasteiger partial charge in [0.1, 0.15) is 5.75 Å². The summed E-state index contributed by atoms with van der Waals surface area (Å²) in [5.41, 5.74) is 4.23. The van der Waals surface area contributed by atoms with Crippen molar-refractivity contribution in [2.24, 2.45) is 0 Å². The Morgan fingerprint density at radius 1 is 1.32 bits per heavy atom. The summed E-state index contributed by atoms with van der Waals surface area (Å²) in [5.74, 6) is 1.09. The van der Waals surface area contributed by atoms with Gasteiger partial charge in [0.15, 0.2) is 0 Å². The predicted molar refractivity (Wildman–Crippen MR) is 87.1 cm³/mol. The smallest absolute Gasteiger partial charge is 0.217 e. The molecule has 1 N–H and O–H groups in total. The summed E-state index contributed by atoms with van der Waals surface area (Å²) >= 11 is 0. The molecule has 0 aromatic heterocycles. The molecule has 0 spiro atoms. The number of carbonyl (C=O) groups is 1. The monoisotopic (exact) mass is 302 g/mol. The summed E-state index contributed by atoms with van der Waals surface area (Å²) in [6.45, 7) is 4.53. The zero-order valence-electron chi connectivity index (χ0n) is 13.7. The molecule has 1 heterocycles. The van der Waals surface area contributed by atoms with E-state index in [1.807, 2.05) is 0 Å². The van der Waals surface area contributed by atoms with Crippen molar-refractivity contribution < 1.29 is 9.53 Å². The zero-order valence-corrected chi connectivity index (χ0v) is 13.7. The summed E-state index contributed by atoms with van der Waals surface area (Å²) in [4.78, 5) is 13.7. The quantitative estimate of drug-likeness (QED) is 0.928. The molecule has 1 aliphatic carbocycles. The number of nitrogens with one attached hydrogen (secondary N) is 1. The summed E-state index contributed by atoms with van der Waals surface area (Å²) in [7, 11) is 1.76. The van der Waals surface area contributed by atoms with E-state index in [0.29, 0.717) is 0 Å². The maximum absolute atomic E-state index is 11.3. The number of methoxy groups -OCH3 is 1. The van der Waals surface area contributed by atoms with Crippen LogP contribution in [0.1, 0.15) is 42.9 Å². The van der Waals surface area contributed by atoms with Gasteiger partial charge in [-0.1, -0.05) is 6.07 Å². The number of fused-ring (bicyclic) bond motifs is 1. The first-order valence-electron chi connectivity index (χ1n) is 8.34. The van der Waals surface area contributed by atoms with Gasteiger partial charge >= 0.3 is 0 Å². The molecule has 1 atom stereocenters.